The topological polar surface area (TPSA) is 56.7 Å². The molecule has 0 amide bonds. The molecule has 0 radical (unpaired) electrons. The summed E-state index contributed by atoms with van der Waals surface area (Å²) in [6, 6.07) is 0. The van der Waals surface area contributed by atoms with Crippen LogP contribution in [0.25, 0.3) is 11.0 Å². The number of hydrogen-bond acceptors (Lipinski definition) is 3. The number of rotatable bonds is 3. The number of aromatic nitrogens is 3. The van der Waals surface area contributed by atoms with Crippen LogP contribution >= 0.6 is 11.6 Å². The number of nitrogen functional groups attached to an aromatic ring is 1. The fraction of sp³-hybridized carbons (Fsp3) is 0.538. The van der Waals surface area contributed by atoms with Crippen LogP contribution in [0.2, 0.25) is 5.02 Å². The summed E-state index contributed by atoms with van der Waals surface area (Å²) in [6.07, 6.45) is 8.40. The van der Waals surface area contributed by atoms with Gasteiger partial charge < -0.3 is 10.3 Å². The second kappa shape index (κ2) is 4.12. The van der Waals surface area contributed by atoms with E-state index in [1.807, 2.05) is 0 Å². The number of imidazole rings is 1. The summed E-state index contributed by atoms with van der Waals surface area (Å²) < 4.78 is 2.06. The molecule has 1 fully saturated rings. The Morgan fingerprint density at radius 2 is 2.22 bits per heavy atom. The highest BCUT2D eigenvalue weighted by atomic mass is 35.5. The Bertz CT molecular complexity index is 580. The molecule has 0 aliphatic heterocycles. The van der Waals surface area contributed by atoms with Gasteiger partial charge in [0.1, 0.15) is 5.52 Å². The largest absolute Gasteiger partial charge is 0.369 e. The predicted molar refractivity (Wildman–Crippen MR) is 73.5 cm³/mol. The lowest BCUT2D eigenvalue weighted by Gasteiger charge is -2.41. The smallest absolute Gasteiger partial charge is 0.201 e. The second-order valence-corrected chi connectivity index (χ2v) is 5.66. The van der Waals surface area contributed by atoms with Crippen LogP contribution in [0.5, 0.6) is 0 Å². The highest BCUT2D eigenvalue weighted by molar-refractivity contribution is 6.34. The van der Waals surface area contributed by atoms with Crippen molar-refractivity contribution in [2.24, 2.45) is 5.41 Å². The van der Waals surface area contributed by atoms with E-state index in [9.17, 15) is 0 Å². The van der Waals surface area contributed by atoms with Crippen molar-refractivity contribution in [2.75, 3.05) is 5.73 Å². The van der Waals surface area contributed by atoms with Crippen molar-refractivity contribution in [2.45, 2.75) is 39.2 Å². The van der Waals surface area contributed by atoms with Crippen LogP contribution in [0, 0.1) is 5.41 Å². The van der Waals surface area contributed by atoms with Gasteiger partial charge in [0.15, 0.2) is 0 Å². The normalized spacial score (nSPS) is 17.9. The molecular weight excluding hydrogens is 248 g/mol. The van der Waals surface area contributed by atoms with Crippen molar-refractivity contribution >= 4 is 28.6 Å². The number of hydrogen-bond donors (Lipinski definition) is 1. The Morgan fingerprint density at radius 3 is 2.83 bits per heavy atom. The zero-order chi connectivity index (χ0) is 12.8. The number of anilines is 1. The second-order valence-electron chi connectivity index (χ2n) is 5.25. The third-order valence-corrected chi connectivity index (χ3v) is 4.57. The first-order valence-corrected chi connectivity index (χ1v) is 6.78. The van der Waals surface area contributed by atoms with Crippen LogP contribution in [0.3, 0.4) is 0 Å². The van der Waals surface area contributed by atoms with Crippen LogP contribution in [0.15, 0.2) is 12.4 Å². The number of fused-ring (bicyclic) bond motifs is 1. The molecule has 0 atom stereocenters. The monoisotopic (exact) mass is 264 g/mol. The average molecular weight is 265 g/mol. The molecule has 18 heavy (non-hydrogen) atoms. The zero-order valence-corrected chi connectivity index (χ0v) is 11.2. The maximum atomic E-state index is 6.23. The zero-order valence-electron chi connectivity index (χ0n) is 10.5. The summed E-state index contributed by atoms with van der Waals surface area (Å²) in [5, 5.41) is 0.627. The van der Waals surface area contributed by atoms with Crippen molar-refractivity contribution in [3.05, 3.63) is 17.4 Å². The molecule has 2 N–H and O–H groups in total. The lowest BCUT2D eigenvalue weighted by Crippen LogP contribution is -2.33. The van der Waals surface area contributed by atoms with Gasteiger partial charge in [-0.05, 0) is 24.7 Å². The molecule has 0 aromatic carbocycles. The van der Waals surface area contributed by atoms with Gasteiger partial charge in [0, 0.05) is 12.7 Å². The van der Waals surface area contributed by atoms with Crippen LogP contribution < -0.4 is 5.73 Å². The van der Waals surface area contributed by atoms with Crippen molar-refractivity contribution < 1.29 is 0 Å². The van der Waals surface area contributed by atoms with Crippen LogP contribution in [-0.4, -0.2) is 14.5 Å². The highest BCUT2D eigenvalue weighted by Crippen LogP contribution is 2.46. The summed E-state index contributed by atoms with van der Waals surface area (Å²) in [5.41, 5.74) is 8.11. The molecule has 96 valence electrons. The van der Waals surface area contributed by atoms with Crippen LogP contribution in [0.1, 0.15) is 32.6 Å². The van der Waals surface area contributed by atoms with Gasteiger partial charge in [-0.25, -0.2) is 4.98 Å². The van der Waals surface area contributed by atoms with Gasteiger partial charge in [0.25, 0.3) is 0 Å². The summed E-state index contributed by atoms with van der Waals surface area (Å²) in [5.74, 6) is 0.541. The van der Waals surface area contributed by atoms with Gasteiger partial charge in [-0.3, -0.25) is 4.98 Å². The fourth-order valence-electron chi connectivity index (χ4n) is 2.86. The minimum Gasteiger partial charge on any atom is -0.369 e. The maximum Gasteiger partial charge on any atom is 0.201 e. The van der Waals surface area contributed by atoms with Gasteiger partial charge >= 0.3 is 0 Å². The Labute approximate surface area is 111 Å². The number of nitrogens with two attached hydrogens (primary N) is 1. The minimum atomic E-state index is 0.383. The van der Waals surface area contributed by atoms with E-state index in [0.29, 0.717) is 16.4 Å². The Kier molecular flexibility index (Phi) is 2.70. The quantitative estimate of drug-likeness (QED) is 0.926. The molecule has 1 aliphatic carbocycles. The highest BCUT2D eigenvalue weighted by Gasteiger charge is 2.36. The molecular formula is C13H17ClN4. The van der Waals surface area contributed by atoms with Crippen LogP contribution in [0.4, 0.5) is 5.95 Å². The first-order chi connectivity index (χ1) is 8.65. The summed E-state index contributed by atoms with van der Waals surface area (Å²) in [4.78, 5) is 8.40. The third kappa shape index (κ3) is 1.67. The van der Waals surface area contributed by atoms with E-state index in [-0.39, 0.29) is 0 Å². The molecule has 0 saturated heterocycles. The number of pyridine rings is 1. The molecule has 2 heterocycles. The average Bonchev–Trinajstić information content (AvgIpc) is 2.61. The minimum absolute atomic E-state index is 0.383. The van der Waals surface area contributed by atoms with E-state index in [2.05, 4.69) is 21.5 Å². The molecule has 3 rings (SSSR count). The summed E-state index contributed by atoms with van der Waals surface area (Å²) in [7, 11) is 0. The Balaban J connectivity index is 2.08. The lowest BCUT2D eigenvalue weighted by molar-refractivity contribution is 0.103. The summed E-state index contributed by atoms with van der Waals surface area (Å²) >= 11 is 6.23. The molecule has 2 aromatic rings. The van der Waals surface area contributed by atoms with Crippen LogP contribution in [-0.2, 0) is 6.54 Å². The number of halogens is 1. The van der Waals surface area contributed by atoms with E-state index < -0.39 is 0 Å². The molecule has 4 nitrogen and oxygen atoms in total. The first kappa shape index (κ1) is 11.8. The SMILES string of the molecule is CCC1(Cn2c(N)nc3cncc(Cl)c32)CCC1. The predicted octanol–water partition coefficient (Wildman–Crippen LogP) is 3.25. The van der Waals surface area contributed by atoms with Crippen molar-refractivity contribution in [3.8, 4) is 0 Å². The van der Waals surface area contributed by atoms with E-state index in [0.717, 1.165) is 17.6 Å². The fourth-order valence-corrected chi connectivity index (χ4v) is 3.12. The summed E-state index contributed by atoms with van der Waals surface area (Å²) in [6.45, 7) is 3.16. The van der Waals surface area contributed by atoms with E-state index >= 15 is 0 Å². The van der Waals surface area contributed by atoms with Gasteiger partial charge in [-0.2, -0.15) is 0 Å². The van der Waals surface area contributed by atoms with Gasteiger partial charge in [0.05, 0.1) is 16.7 Å². The van der Waals surface area contributed by atoms with Crippen molar-refractivity contribution in [3.63, 3.8) is 0 Å². The van der Waals surface area contributed by atoms with Crippen molar-refractivity contribution in [1.29, 1.82) is 0 Å². The molecule has 0 spiro atoms. The molecule has 0 unspecified atom stereocenters. The number of nitrogens with zero attached hydrogens (tertiary/aromatic N) is 3. The van der Waals surface area contributed by atoms with Crippen molar-refractivity contribution in [1.82, 2.24) is 14.5 Å². The molecule has 1 saturated carbocycles. The van der Waals surface area contributed by atoms with Gasteiger partial charge in [-0.15, -0.1) is 0 Å². The molecule has 0 bridgehead atoms. The lowest BCUT2D eigenvalue weighted by atomic mass is 9.67. The van der Waals surface area contributed by atoms with E-state index in [1.165, 1.54) is 25.7 Å². The van der Waals surface area contributed by atoms with E-state index in [1.54, 1.807) is 12.4 Å². The van der Waals surface area contributed by atoms with Gasteiger partial charge in [-0.1, -0.05) is 24.9 Å². The molecule has 5 heteroatoms. The van der Waals surface area contributed by atoms with Gasteiger partial charge in [0.2, 0.25) is 5.95 Å². The molecule has 1 aliphatic rings. The standard InChI is InChI=1S/C13H17ClN4/c1-2-13(4-3-5-13)8-18-11-9(14)6-16-7-10(11)17-12(18)15/h6-7H,2-5,8H2,1H3,(H2,15,17). The Morgan fingerprint density at radius 1 is 1.44 bits per heavy atom. The maximum absolute atomic E-state index is 6.23. The third-order valence-electron chi connectivity index (χ3n) is 4.29. The Hall–Kier alpha value is -1.29. The van der Waals surface area contributed by atoms with E-state index in [4.69, 9.17) is 17.3 Å². The molecule has 2 aromatic heterocycles. The first-order valence-electron chi connectivity index (χ1n) is 6.40.